The van der Waals surface area contributed by atoms with E-state index in [1.807, 2.05) is 32.0 Å². The van der Waals surface area contributed by atoms with Crippen molar-refractivity contribution in [1.29, 1.82) is 0 Å². The zero-order valence-corrected chi connectivity index (χ0v) is 14.3. The van der Waals surface area contributed by atoms with E-state index in [0.717, 1.165) is 23.3 Å². The van der Waals surface area contributed by atoms with Crippen LogP contribution in [0.5, 0.6) is 5.75 Å². The fraction of sp³-hybridized carbons (Fsp3) is 0.316. The van der Waals surface area contributed by atoms with E-state index >= 15 is 0 Å². The van der Waals surface area contributed by atoms with Gasteiger partial charge in [0.15, 0.2) is 6.10 Å². The van der Waals surface area contributed by atoms with Gasteiger partial charge in [-0.05, 0) is 55.7 Å². The highest BCUT2D eigenvalue weighted by atomic mass is 19.4. The second-order valence-corrected chi connectivity index (χ2v) is 5.85. The molecule has 134 valence electrons. The monoisotopic (exact) mass is 351 g/mol. The molecule has 1 N–H and O–H groups in total. The summed E-state index contributed by atoms with van der Waals surface area (Å²) in [6.07, 6.45) is -4.87. The molecule has 6 heteroatoms. The highest BCUT2D eigenvalue weighted by molar-refractivity contribution is 5.94. The molecular formula is C19H20F3NO2. The second kappa shape index (κ2) is 7.59. The van der Waals surface area contributed by atoms with Crippen LogP contribution >= 0.6 is 0 Å². The molecule has 2 rings (SSSR count). The number of alkyl halides is 3. The normalized spacial score (nSPS) is 12.6. The number of carbonyl (C=O) groups is 1. The number of aryl methyl sites for hydroxylation is 2. The Hall–Kier alpha value is -2.50. The van der Waals surface area contributed by atoms with Gasteiger partial charge in [0, 0.05) is 5.69 Å². The standard InChI is InChI=1S/C19H20F3NO2/c1-4-16(25-17-10-12(2)8-9-13(17)3)18(24)23-15-7-5-6-14(11-15)19(20,21)22/h5-11,16H,4H2,1-3H3,(H,23,24). The first-order valence-corrected chi connectivity index (χ1v) is 7.92. The number of ether oxygens (including phenoxy) is 1. The summed E-state index contributed by atoms with van der Waals surface area (Å²) in [6, 6.07) is 10.2. The van der Waals surface area contributed by atoms with E-state index in [-0.39, 0.29) is 5.69 Å². The highest BCUT2D eigenvalue weighted by Gasteiger charge is 2.30. The molecule has 0 aromatic heterocycles. The predicted octanol–water partition coefficient (Wildman–Crippen LogP) is 5.12. The minimum atomic E-state index is -4.46. The number of nitrogens with one attached hydrogen (secondary N) is 1. The third kappa shape index (κ3) is 4.98. The topological polar surface area (TPSA) is 38.3 Å². The molecule has 0 spiro atoms. The maximum atomic E-state index is 12.8. The number of hydrogen-bond donors (Lipinski definition) is 1. The molecule has 0 aliphatic rings. The van der Waals surface area contributed by atoms with Crippen LogP contribution in [0.15, 0.2) is 42.5 Å². The maximum Gasteiger partial charge on any atom is 0.416 e. The molecule has 0 radical (unpaired) electrons. The quantitative estimate of drug-likeness (QED) is 0.812. The molecule has 0 saturated heterocycles. The van der Waals surface area contributed by atoms with Crippen molar-refractivity contribution in [2.24, 2.45) is 0 Å². The zero-order valence-electron chi connectivity index (χ0n) is 14.3. The Morgan fingerprint density at radius 3 is 2.52 bits per heavy atom. The summed E-state index contributed by atoms with van der Waals surface area (Å²) in [4.78, 5) is 12.4. The van der Waals surface area contributed by atoms with Gasteiger partial charge in [0.2, 0.25) is 0 Å². The van der Waals surface area contributed by atoms with Crippen LogP contribution in [0.2, 0.25) is 0 Å². The Morgan fingerprint density at radius 2 is 1.88 bits per heavy atom. The van der Waals surface area contributed by atoms with Crippen molar-refractivity contribution in [2.45, 2.75) is 39.5 Å². The summed E-state index contributed by atoms with van der Waals surface area (Å²) in [6.45, 7) is 5.56. The van der Waals surface area contributed by atoms with E-state index in [1.54, 1.807) is 6.92 Å². The van der Waals surface area contributed by atoms with Gasteiger partial charge in [-0.3, -0.25) is 4.79 Å². The van der Waals surface area contributed by atoms with Crippen molar-refractivity contribution in [3.63, 3.8) is 0 Å². The van der Waals surface area contributed by atoms with Crippen molar-refractivity contribution in [3.05, 3.63) is 59.2 Å². The van der Waals surface area contributed by atoms with E-state index < -0.39 is 23.8 Å². The van der Waals surface area contributed by atoms with Crippen LogP contribution in [0.4, 0.5) is 18.9 Å². The molecule has 2 aromatic rings. The summed E-state index contributed by atoms with van der Waals surface area (Å²) >= 11 is 0. The Kier molecular flexibility index (Phi) is 5.72. The van der Waals surface area contributed by atoms with Gasteiger partial charge in [0.05, 0.1) is 5.56 Å². The van der Waals surface area contributed by atoms with Crippen molar-refractivity contribution in [3.8, 4) is 5.75 Å². The van der Waals surface area contributed by atoms with Crippen LogP contribution < -0.4 is 10.1 Å². The fourth-order valence-electron chi connectivity index (χ4n) is 2.31. The van der Waals surface area contributed by atoms with Gasteiger partial charge >= 0.3 is 6.18 Å². The molecule has 0 aliphatic heterocycles. The van der Waals surface area contributed by atoms with Crippen molar-refractivity contribution in [1.82, 2.24) is 0 Å². The maximum absolute atomic E-state index is 12.8. The van der Waals surface area contributed by atoms with E-state index in [9.17, 15) is 18.0 Å². The fourth-order valence-corrected chi connectivity index (χ4v) is 2.31. The van der Waals surface area contributed by atoms with Crippen LogP contribution in [0, 0.1) is 13.8 Å². The molecule has 1 atom stereocenters. The summed E-state index contributed by atoms with van der Waals surface area (Å²) in [5, 5.41) is 2.50. The third-order valence-electron chi connectivity index (χ3n) is 3.73. The van der Waals surface area contributed by atoms with Crippen molar-refractivity contribution >= 4 is 11.6 Å². The van der Waals surface area contributed by atoms with Crippen LogP contribution in [-0.4, -0.2) is 12.0 Å². The molecule has 0 aliphatic carbocycles. The van der Waals surface area contributed by atoms with Gasteiger partial charge in [0.1, 0.15) is 5.75 Å². The minimum absolute atomic E-state index is 0.0860. The SMILES string of the molecule is CCC(Oc1cc(C)ccc1C)C(=O)Nc1cccc(C(F)(F)F)c1. The molecule has 0 heterocycles. The second-order valence-electron chi connectivity index (χ2n) is 5.85. The van der Waals surface area contributed by atoms with E-state index in [4.69, 9.17) is 4.74 Å². The first kappa shape index (κ1) is 18.8. The molecule has 1 amide bonds. The first-order chi connectivity index (χ1) is 11.7. The molecule has 0 bridgehead atoms. The Morgan fingerprint density at radius 1 is 1.16 bits per heavy atom. The first-order valence-electron chi connectivity index (χ1n) is 7.92. The molecule has 1 unspecified atom stereocenters. The third-order valence-corrected chi connectivity index (χ3v) is 3.73. The van der Waals surface area contributed by atoms with Gasteiger partial charge in [-0.1, -0.05) is 25.1 Å². The van der Waals surface area contributed by atoms with Crippen molar-refractivity contribution < 1.29 is 22.7 Å². The van der Waals surface area contributed by atoms with Gasteiger partial charge in [0.25, 0.3) is 5.91 Å². The average Bonchev–Trinajstić information content (AvgIpc) is 2.55. The number of carbonyl (C=O) groups excluding carboxylic acids is 1. The largest absolute Gasteiger partial charge is 0.480 e. The van der Waals surface area contributed by atoms with Crippen LogP contribution in [0.3, 0.4) is 0 Å². The number of halogens is 3. The lowest BCUT2D eigenvalue weighted by atomic mass is 10.1. The number of benzene rings is 2. The summed E-state index contributed by atoms with van der Waals surface area (Å²) in [5.74, 6) is 0.105. The van der Waals surface area contributed by atoms with Gasteiger partial charge < -0.3 is 10.1 Å². The van der Waals surface area contributed by atoms with Crippen molar-refractivity contribution in [2.75, 3.05) is 5.32 Å². The smallest absolute Gasteiger partial charge is 0.416 e. The van der Waals surface area contributed by atoms with Crippen LogP contribution in [0.25, 0.3) is 0 Å². The van der Waals surface area contributed by atoms with Crippen LogP contribution in [0.1, 0.15) is 30.0 Å². The lowest BCUT2D eigenvalue weighted by Crippen LogP contribution is -2.32. The van der Waals surface area contributed by atoms with E-state index in [2.05, 4.69) is 5.32 Å². The summed E-state index contributed by atoms with van der Waals surface area (Å²) in [5.41, 5.74) is 1.15. The zero-order chi connectivity index (χ0) is 18.6. The highest BCUT2D eigenvalue weighted by Crippen LogP contribution is 2.30. The van der Waals surface area contributed by atoms with E-state index in [1.165, 1.54) is 12.1 Å². The molecule has 0 fully saturated rings. The molecule has 2 aromatic carbocycles. The van der Waals surface area contributed by atoms with E-state index in [0.29, 0.717) is 12.2 Å². The number of anilines is 1. The lowest BCUT2D eigenvalue weighted by Gasteiger charge is -2.19. The average molecular weight is 351 g/mol. The number of hydrogen-bond acceptors (Lipinski definition) is 2. The molecular weight excluding hydrogens is 331 g/mol. The minimum Gasteiger partial charge on any atom is -0.480 e. The lowest BCUT2D eigenvalue weighted by molar-refractivity contribution is -0.137. The molecule has 0 saturated carbocycles. The summed E-state index contributed by atoms with van der Waals surface area (Å²) in [7, 11) is 0. The summed E-state index contributed by atoms with van der Waals surface area (Å²) < 4.78 is 44.1. The Labute approximate surface area is 144 Å². The van der Waals surface area contributed by atoms with Gasteiger partial charge in [-0.2, -0.15) is 13.2 Å². The van der Waals surface area contributed by atoms with Gasteiger partial charge in [-0.15, -0.1) is 0 Å². The Balaban J connectivity index is 2.14. The molecule has 25 heavy (non-hydrogen) atoms. The molecule has 3 nitrogen and oxygen atoms in total. The Bertz CT molecular complexity index is 757. The number of rotatable bonds is 5. The van der Waals surface area contributed by atoms with Crippen LogP contribution in [-0.2, 0) is 11.0 Å². The predicted molar refractivity (Wildman–Crippen MR) is 90.7 cm³/mol. The number of amides is 1. The van der Waals surface area contributed by atoms with Gasteiger partial charge in [-0.25, -0.2) is 0 Å².